The van der Waals surface area contributed by atoms with Crippen molar-refractivity contribution >= 4 is 63.4 Å². The van der Waals surface area contributed by atoms with Gasteiger partial charge in [0.25, 0.3) is 0 Å². The molecule has 1 nitrogen and oxygen atoms in total. The predicted molar refractivity (Wildman–Crippen MR) is 192 cm³/mol. The molecule has 0 heterocycles. The fourth-order valence-electron chi connectivity index (χ4n) is 4.36. The molecule has 0 fully saturated rings. The standard InChI is InChI=1S/2C18H15P.C3H5O.ClH.Pt/c2*1-4-10-16(11-5-1)19(17-12-6-2-7-13-17)18-14-8-3-9-15-18;1-2-3-4;;/h2*1-15H;2H2,1H3;1H;/q;;-1;;+2/p-1. The summed E-state index contributed by atoms with van der Waals surface area (Å²) in [6.45, 7) is 1.76. The predicted octanol–water partition coefficient (Wildman–Crippen LogP) is 8.08. The second-order valence-corrected chi connectivity index (χ2v) is 13.6. The maximum atomic E-state index is 9.05. The van der Waals surface area contributed by atoms with Crippen LogP contribution >= 0.6 is 25.3 Å². The van der Waals surface area contributed by atoms with E-state index < -0.39 is 15.8 Å². The molecule has 0 atom stereocenters. The molecule has 0 aliphatic carbocycles. The fraction of sp³-hybridized carbons (Fsp3) is 0.0513. The van der Waals surface area contributed by atoms with E-state index in [-0.39, 0.29) is 0 Å². The van der Waals surface area contributed by atoms with E-state index in [2.05, 4.69) is 191 Å². The maximum Gasteiger partial charge on any atom is -0.0134 e. The first-order chi connectivity index (χ1) is 21.8. The van der Waals surface area contributed by atoms with Crippen molar-refractivity contribution in [2.24, 2.45) is 0 Å². The molecular weight excluding hydrogens is 777 g/mol. The monoisotopic (exact) mass is 811 g/mol. The van der Waals surface area contributed by atoms with Gasteiger partial charge in [-0.15, -0.1) is 0 Å². The Morgan fingerprint density at radius 3 is 0.659 bits per heavy atom. The molecule has 0 amide bonds. The van der Waals surface area contributed by atoms with E-state index in [1.54, 1.807) is 32.0 Å². The Labute approximate surface area is 280 Å². The second-order valence-electron chi connectivity index (χ2n) is 9.18. The van der Waals surface area contributed by atoms with Crippen LogP contribution in [0.4, 0.5) is 0 Å². The Kier molecular flexibility index (Phi) is 17.3. The molecule has 6 rings (SSSR count). The van der Waals surface area contributed by atoms with E-state index in [4.69, 9.17) is 4.79 Å². The summed E-state index contributed by atoms with van der Waals surface area (Å²) < 4.78 is 0. The molecule has 0 aliphatic rings. The van der Waals surface area contributed by atoms with Crippen molar-refractivity contribution in [1.82, 2.24) is 0 Å². The number of hydrogen-bond donors (Lipinski definition) is 0. The molecule has 44 heavy (non-hydrogen) atoms. The molecular formula is C39H35ClOP2Pt. The molecule has 0 spiro atoms. The SMILES string of the molecule is CC[C-]=O.[Cl][Pt+].c1ccc(P(c2ccccc2)c2ccccc2)cc1.c1ccc(P(c2ccccc2)c2ccccc2)cc1. The summed E-state index contributed by atoms with van der Waals surface area (Å²) in [5.74, 6) is 0. The molecule has 0 radical (unpaired) electrons. The van der Waals surface area contributed by atoms with Gasteiger partial charge in [0.1, 0.15) is 0 Å². The Bertz CT molecular complexity index is 1250. The first-order valence-corrected chi connectivity index (χ1v) is 19.7. The molecule has 6 aromatic carbocycles. The average Bonchev–Trinajstić information content (AvgIpc) is 3.13. The maximum absolute atomic E-state index is 9.05. The third kappa shape index (κ3) is 11.4. The third-order valence-corrected chi connectivity index (χ3v) is 11.1. The van der Waals surface area contributed by atoms with Gasteiger partial charge >= 0.3 is 28.2 Å². The summed E-state index contributed by atoms with van der Waals surface area (Å²) in [7, 11) is 3.72. The van der Waals surface area contributed by atoms with Crippen molar-refractivity contribution in [1.29, 1.82) is 0 Å². The van der Waals surface area contributed by atoms with Crippen molar-refractivity contribution in [3.05, 3.63) is 182 Å². The van der Waals surface area contributed by atoms with Gasteiger partial charge in [0.05, 0.1) is 0 Å². The van der Waals surface area contributed by atoms with E-state index in [0.717, 1.165) is 0 Å². The minimum Gasteiger partial charge on any atom is -0.0622 e. The van der Waals surface area contributed by atoms with Crippen LogP contribution in [-0.4, -0.2) is 6.29 Å². The van der Waals surface area contributed by atoms with Gasteiger partial charge in [-0.3, -0.25) is 6.29 Å². The summed E-state index contributed by atoms with van der Waals surface area (Å²) in [5, 5.41) is 8.39. The van der Waals surface area contributed by atoms with Crippen molar-refractivity contribution in [3.63, 3.8) is 0 Å². The topological polar surface area (TPSA) is 17.1 Å². The number of benzene rings is 6. The summed E-state index contributed by atoms with van der Waals surface area (Å²) in [6, 6.07) is 64.7. The summed E-state index contributed by atoms with van der Waals surface area (Å²) in [6.07, 6.45) is 2.19. The van der Waals surface area contributed by atoms with Gasteiger partial charge in [0.15, 0.2) is 0 Å². The summed E-state index contributed by atoms with van der Waals surface area (Å²) in [4.78, 5) is 9.05. The number of rotatable bonds is 7. The zero-order chi connectivity index (χ0) is 31.2. The van der Waals surface area contributed by atoms with Crippen molar-refractivity contribution in [3.8, 4) is 0 Å². The van der Waals surface area contributed by atoms with Crippen LogP contribution < -0.4 is 31.8 Å². The first-order valence-electron chi connectivity index (χ1n) is 14.2. The van der Waals surface area contributed by atoms with E-state index in [1.165, 1.54) is 31.8 Å². The van der Waals surface area contributed by atoms with E-state index in [0.29, 0.717) is 6.42 Å². The first kappa shape index (κ1) is 35.3. The van der Waals surface area contributed by atoms with E-state index >= 15 is 0 Å². The number of carbonyl (C=O) groups excluding carboxylic acids is 1. The van der Waals surface area contributed by atoms with Gasteiger partial charge in [-0.05, 0) is 47.7 Å². The van der Waals surface area contributed by atoms with Crippen molar-refractivity contribution in [2.45, 2.75) is 13.3 Å². The average molecular weight is 812 g/mol. The zero-order valence-corrected chi connectivity index (χ0v) is 29.3. The Hall–Kier alpha value is -3.17. The molecule has 5 heteroatoms. The molecule has 0 aromatic heterocycles. The van der Waals surface area contributed by atoms with Gasteiger partial charge in [-0.25, -0.2) is 0 Å². The molecule has 0 N–H and O–H groups in total. The van der Waals surface area contributed by atoms with Crippen LogP contribution in [0, 0.1) is 0 Å². The summed E-state index contributed by atoms with van der Waals surface area (Å²) >= 11 is 1.61. The van der Waals surface area contributed by atoms with Crippen LogP contribution in [0.25, 0.3) is 0 Å². The normalized spacial score (nSPS) is 9.86. The third-order valence-electron chi connectivity index (χ3n) is 6.23. The minimum absolute atomic E-state index is 0.446. The van der Waals surface area contributed by atoms with Crippen molar-refractivity contribution in [2.75, 3.05) is 0 Å². The Balaban J connectivity index is 0.000000205. The largest absolute Gasteiger partial charge is 0.0622 e. The molecule has 0 unspecified atom stereocenters. The van der Waals surface area contributed by atoms with Crippen LogP contribution in [0.2, 0.25) is 0 Å². The van der Waals surface area contributed by atoms with E-state index in [1.807, 2.05) is 0 Å². The smallest absolute Gasteiger partial charge is 0.0134 e. The van der Waals surface area contributed by atoms with Gasteiger partial charge in [0, 0.05) is 0 Å². The molecule has 0 saturated heterocycles. The molecule has 6 aromatic rings. The molecule has 0 saturated carbocycles. The van der Waals surface area contributed by atoms with Gasteiger partial charge in [0.2, 0.25) is 0 Å². The fourth-order valence-corrected chi connectivity index (χ4v) is 8.97. The van der Waals surface area contributed by atoms with Crippen LogP contribution in [-0.2, 0) is 23.6 Å². The van der Waals surface area contributed by atoms with Crippen LogP contribution in [0.5, 0.6) is 0 Å². The second kappa shape index (κ2) is 21.5. The van der Waals surface area contributed by atoms with Gasteiger partial charge in [-0.2, -0.15) is 6.42 Å². The zero-order valence-electron chi connectivity index (χ0n) is 24.5. The van der Waals surface area contributed by atoms with Gasteiger partial charge in [-0.1, -0.05) is 189 Å². The Morgan fingerprint density at radius 2 is 0.545 bits per heavy atom. The Morgan fingerprint density at radius 1 is 0.409 bits per heavy atom. The quantitative estimate of drug-likeness (QED) is 0.118. The van der Waals surface area contributed by atoms with Crippen LogP contribution in [0.15, 0.2) is 182 Å². The van der Waals surface area contributed by atoms with E-state index in [9.17, 15) is 0 Å². The van der Waals surface area contributed by atoms with Crippen LogP contribution in [0.1, 0.15) is 13.3 Å². The number of hydrogen-bond acceptors (Lipinski definition) is 1. The number of halogens is 1. The molecule has 0 aliphatic heterocycles. The van der Waals surface area contributed by atoms with Crippen molar-refractivity contribution < 1.29 is 23.6 Å². The minimum atomic E-state index is -0.446. The van der Waals surface area contributed by atoms with Gasteiger partial charge < -0.3 is 4.79 Å². The summed E-state index contributed by atoms with van der Waals surface area (Å²) in [5.41, 5.74) is 0. The molecule has 224 valence electrons. The molecule has 0 bridgehead atoms. The van der Waals surface area contributed by atoms with Crippen LogP contribution in [0.3, 0.4) is 0 Å².